The predicted octanol–water partition coefficient (Wildman–Crippen LogP) is 3.94. The van der Waals surface area contributed by atoms with Crippen LogP contribution in [-0.2, 0) is 4.74 Å². The summed E-state index contributed by atoms with van der Waals surface area (Å²) in [6.45, 7) is 2.72. The van der Waals surface area contributed by atoms with Crippen LogP contribution in [0.25, 0.3) is 5.69 Å². The van der Waals surface area contributed by atoms with Crippen molar-refractivity contribution in [2.75, 3.05) is 16.8 Å². The lowest BCUT2D eigenvalue weighted by molar-refractivity contribution is 0.174. The number of aromatic nitrogens is 4. The Morgan fingerprint density at radius 3 is 2.69 bits per heavy atom. The zero-order valence-corrected chi connectivity index (χ0v) is 17.0. The molecule has 32 heavy (non-hydrogen) atoms. The summed E-state index contributed by atoms with van der Waals surface area (Å²) in [7, 11) is 0. The average molecular weight is 450 g/mol. The number of halogens is 4. The lowest BCUT2D eigenvalue weighted by atomic mass is 10.2. The van der Waals surface area contributed by atoms with Gasteiger partial charge in [0.1, 0.15) is 30.5 Å². The second kappa shape index (κ2) is 8.44. The highest BCUT2D eigenvalue weighted by molar-refractivity contribution is 5.89. The highest BCUT2D eigenvalue weighted by Gasteiger charge is 2.40. The summed E-state index contributed by atoms with van der Waals surface area (Å²) < 4.78 is 61.6. The van der Waals surface area contributed by atoms with Gasteiger partial charge < -0.3 is 14.6 Å². The maximum Gasteiger partial charge on any atom is 0.416 e. The number of imidazole rings is 1. The number of carbonyl (C=O) groups excluding carboxylic acids is 1. The fourth-order valence-electron chi connectivity index (χ4n) is 3.27. The van der Waals surface area contributed by atoms with Gasteiger partial charge in [0, 0.05) is 12.3 Å². The molecule has 2 aromatic heterocycles. The lowest BCUT2D eigenvalue weighted by Gasteiger charge is -2.22. The Bertz CT molecular complexity index is 1150. The predicted molar refractivity (Wildman–Crippen MR) is 106 cm³/mol. The Labute approximate surface area is 179 Å². The Morgan fingerprint density at radius 1 is 1.19 bits per heavy atom. The largest absolute Gasteiger partial charge is 0.447 e. The van der Waals surface area contributed by atoms with Crippen LogP contribution in [0, 0.1) is 17.5 Å². The first-order valence-corrected chi connectivity index (χ1v) is 9.63. The third-order valence-corrected chi connectivity index (χ3v) is 4.97. The maximum atomic E-state index is 14.3. The van der Waals surface area contributed by atoms with Crippen molar-refractivity contribution in [1.82, 2.24) is 19.5 Å². The number of alkyl halides is 1. The number of anilines is 2. The SMILES string of the molecule is C[C@H](Nc1ncc(F)c(N2C(=O)OCC2[C@H](C)F)n1)c1cn(-c2ccc(F)cc2F)cn1. The van der Waals surface area contributed by atoms with E-state index in [2.05, 4.69) is 20.3 Å². The molecule has 4 rings (SSSR count). The van der Waals surface area contributed by atoms with Gasteiger partial charge in [-0.1, -0.05) is 0 Å². The highest BCUT2D eigenvalue weighted by Crippen LogP contribution is 2.28. The fraction of sp³-hybridized carbons (Fsp3) is 0.300. The van der Waals surface area contributed by atoms with Gasteiger partial charge in [-0.15, -0.1) is 0 Å². The molecule has 8 nitrogen and oxygen atoms in total. The first-order chi connectivity index (χ1) is 15.2. The van der Waals surface area contributed by atoms with E-state index >= 15 is 0 Å². The molecule has 12 heteroatoms. The van der Waals surface area contributed by atoms with Crippen molar-refractivity contribution in [1.29, 1.82) is 0 Å². The third kappa shape index (κ3) is 4.07. The van der Waals surface area contributed by atoms with Crippen molar-refractivity contribution < 1.29 is 27.1 Å². The number of nitrogens with zero attached hydrogens (tertiary/aromatic N) is 5. The zero-order valence-electron chi connectivity index (χ0n) is 17.0. The molecule has 0 bridgehead atoms. The number of benzene rings is 1. The number of hydrogen-bond donors (Lipinski definition) is 1. The second-order valence-electron chi connectivity index (χ2n) is 7.22. The summed E-state index contributed by atoms with van der Waals surface area (Å²) in [6, 6.07) is 1.64. The Morgan fingerprint density at radius 2 is 1.97 bits per heavy atom. The van der Waals surface area contributed by atoms with E-state index in [1.54, 1.807) is 6.92 Å². The molecule has 1 amide bonds. The molecule has 1 aliphatic rings. The Balaban J connectivity index is 1.56. The monoisotopic (exact) mass is 450 g/mol. The molecular formula is C20H18F4N6O2. The minimum Gasteiger partial charge on any atom is -0.447 e. The average Bonchev–Trinajstić information content (AvgIpc) is 3.37. The van der Waals surface area contributed by atoms with Crippen molar-refractivity contribution >= 4 is 17.9 Å². The first-order valence-electron chi connectivity index (χ1n) is 9.63. The van der Waals surface area contributed by atoms with Gasteiger partial charge in [-0.3, -0.25) is 0 Å². The molecule has 3 atom stereocenters. The van der Waals surface area contributed by atoms with E-state index in [1.165, 1.54) is 30.1 Å². The normalized spacial score (nSPS) is 17.9. The van der Waals surface area contributed by atoms with Crippen LogP contribution >= 0.6 is 0 Å². The molecule has 3 heterocycles. The number of nitrogens with one attached hydrogen (secondary N) is 1. The van der Waals surface area contributed by atoms with Crippen LogP contribution in [0.5, 0.6) is 0 Å². The second-order valence-corrected chi connectivity index (χ2v) is 7.22. The highest BCUT2D eigenvalue weighted by atomic mass is 19.1. The minimum absolute atomic E-state index is 0.0404. The summed E-state index contributed by atoms with van der Waals surface area (Å²) in [4.78, 5) is 24.9. The van der Waals surface area contributed by atoms with Crippen molar-refractivity contribution in [2.45, 2.75) is 32.1 Å². The molecule has 1 saturated heterocycles. The van der Waals surface area contributed by atoms with Gasteiger partial charge in [-0.2, -0.15) is 4.98 Å². The Hall–Kier alpha value is -3.70. The molecule has 168 valence electrons. The first kappa shape index (κ1) is 21.5. The molecule has 3 aromatic rings. The van der Waals surface area contributed by atoms with Crippen molar-refractivity contribution in [3.8, 4) is 5.69 Å². The summed E-state index contributed by atoms with van der Waals surface area (Å²) in [5, 5.41) is 2.91. The molecular weight excluding hydrogens is 432 g/mol. The number of carbonyl (C=O) groups is 1. The number of hydrogen-bond acceptors (Lipinski definition) is 6. The van der Waals surface area contributed by atoms with Gasteiger partial charge in [-0.25, -0.2) is 37.2 Å². The molecule has 1 fully saturated rings. The smallest absolute Gasteiger partial charge is 0.416 e. The topological polar surface area (TPSA) is 85.2 Å². The molecule has 1 unspecified atom stereocenters. The van der Waals surface area contributed by atoms with E-state index in [9.17, 15) is 22.4 Å². The molecule has 0 saturated carbocycles. The summed E-state index contributed by atoms with van der Waals surface area (Å²) in [5.41, 5.74) is 0.565. The lowest BCUT2D eigenvalue weighted by Crippen LogP contribution is -2.40. The van der Waals surface area contributed by atoms with E-state index in [1.807, 2.05) is 0 Å². The van der Waals surface area contributed by atoms with Gasteiger partial charge in [0.15, 0.2) is 11.6 Å². The van der Waals surface area contributed by atoms with E-state index in [4.69, 9.17) is 4.74 Å². The van der Waals surface area contributed by atoms with E-state index in [0.717, 1.165) is 23.2 Å². The maximum absolute atomic E-state index is 14.3. The van der Waals surface area contributed by atoms with Crippen molar-refractivity contribution in [3.05, 3.63) is 60.1 Å². The van der Waals surface area contributed by atoms with Crippen LogP contribution in [-0.4, -0.2) is 44.4 Å². The summed E-state index contributed by atoms with van der Waals surface area (Å²) >= 11 is 0. The number of amides is 1. The zero-order chi connectivity index (χ0) is 23.0. The van der Waals surface area contributed by atoms with Crippen molar-refractivity contribution in [2.24, 2.45) is 0 Å². The van der Waals surface area contributed by atoms with Crippen LogP contribution in [0.1, 0.15) is 25.6 Å². The Kier molecular flexibility index (Phi) is 5.68. The number of cyclic esters (lactones) is 1. The van der Waals surface area contributed by atoms with E-state index in [-0.39, 0.29) is 18.2 Å². The van der Waals surface area contributed by atoms with Gasteiger partial charge >= 0.3 is 6.09 Å². The van der Waals surface area contributed by atoms with Gasteiger partial charge in [0.05, 0.1) is 29.9 Å². The minimum atomic E-state index is -1.47. The van der Waals surface area contributed by atoms with Gasteiger partial charge in [-0.05, 0) is 26.0 Å². The van der Waals surface area contributed by atoms with Crippen LogP contribution in [0.15, 0.2) is 36.9 Å². The van der Waals surface area contributed by atoms with E-state index < -0.39 is 47.6 Å². The fourth-order valence-corrected chi connectivity index (χ4v) is 3.27. The summed E-state index contributed by atoms with van der Waals surface area (Å²) in [6.07, 6.45) is 1.36. The van der Waals surface area contributed by atoms with E-state index in [0.29, 0.717) is 5.69 Å². The van der Waals surface area contributed by atoms with Crippen LogP contribution < -0.4 is 10.2 Å². The number of rotatable bonds is 6. The molecule has 1 aliphatic heterocycles. The van der Waals surface area contributed by atoms with Gasteiger partial charge in [0.2, 0.25) is 5.95 Å². The van der Waals surface area contributed by atoms with Crippen LogP contribution in [0.2, 0.25) is 0 Å². The standard InChI is InChI=1S/C20H18F4N6O2/c1-10(21)17-8-32-20(31)30(17)18-14(24)6-25-19(28-18)27-11(2)15-7-29(9-26-15)16-4-3-12(22)5-13(16)23/h3-7,9-11,17H,8H2,1-2H3,(H,25,27,28)/t10-,11-,17?/m0/s1. The molecule has 0 radical (unpaired) electrons. The molecule has 1 N–H and O–H groups in total. The molecule has 0 spiro atoms. The molecule has 0 aliphatic carbocycles. The summed E-state index contributed by atoms with van der Waals surface area (Å²) in [5.74, 6) is -2.82. The van der Waals surface area contributed by atoms with Crippen LogP contribution in [0.3, 0.4) is 0 Å². The quantitative estimate of drug-likeness (QED) is 0.573. The van der Waals surface area contributed by atoms with Crippen LogP contribution in [0.4, 0.5) is 34.1 Å². The molecule has 1 aromatic carbocycles. The third-order valence-electron chi connectivity index (χ3n) is 4.97. The van der Waals surface area contributed by atoms with Crippen molar-refractivity contribution in [3.63, 3.8) is 0 Å². The van der Waals surface area contributed by atoms with Gasteiger partial charge in [0.25, 0.3) is 0 Å². The number of ether oxygens (including phenoxy) is 1.